The lowest BCUT2D eigenvalue weighted by molar-refractivity contribution is -0.148. The van der Waals surface area contributed by atoms with Gasteiger partial charge in [-0.2, -0.15) is 0 Å². The number of rotatable bonds is 6. The first-order valence-corrected chi connectivity index (χ1v) is 6.89. The normalized spacial score (nSPS) is 17.1. The lowest BCUT2D eigenvalue weighted by Crippen LogP contribution is -2.41. The molecule has 5 nitrogen and oxygen atoms in total. The van der Waals surface area contributed by atoms with Crippen LogP contribution in [0.5, 0.6) is 0 Å². The molecule has 21 heavy (non-hydrogen) atoms. The molecule has 2 rings (SSSR count). The number of aromatic nitrogens is 1. The Balaban J connectivity index is 2.02. The molecule has 1 aliphatic carbocycles. The molecule has 116 valence electrons. The summed E-state index contributed by atoms with van der Waals surface area (Å²) in [5, 5.41) is 11.9. The van der Waals surface area contributed by atoms with Gasteiger partial charge in [-0.05, 0) is 25.0 Å². The van der Waals surface area contributed by atoms with E-state index < -0.39 is 30.3 Å². The first-order valence-electron chi connectivity index (χ1n) is 6.89. The van der Waals surface area contributed by atoms with Crippen LogP contribution in [0, 0.1) is 5.41 Å². The number of carboxylic acids is 1. The Morgan fingerprint density at radius 2 is 2.05 bits per heavy atom. The van der Waals surface area contributed by atoms with Gasteiger partial charge < -0.3 is 15.0 Å². The summed E-state index contributed by atoms with van der Waals surface area (Å²) in [6.07, 6.45) is 1.56. The van der Waals surface area contributed by atoms with Gasteiger partial charge >= 0.3 is 5.97 Å². The van der Waals surface area contributed by atoms with Crippen molar-refractivity contribution >= 4 is 11.9 Å². The molecule has 1 aliphatic rings. The zero-order valence-corrected chi connectivity index (χ0v) is 11.5. The summed E-state index contributed by atoms with van der Waals surface area (Å²) >= 11 is 0. The Morgan fingerprint density at radius 1 is 1.38 bits per heavy atom. The molecular formula is C14H18F2N2O3. The number of aliphatic carboxylic acids is 1. The SMILES string of the molecule is O=C(NCC1(C(=O)O)CCCC1)c1cccn1CC(F)F. The van der Waals surface area contributed by atoms with Crippen LogP contribution in [0.3, 0.4) is 0 Å². The number of alkyl halides is 2. The molecular weight excluding hydrogens is 282 g/mol. The van der Waals surface area contributed by atoms with E-state index in [1.807, 2.05) is 0 Å². The zero-order valence-electron chi connectivity index (χ0n) is 11.5. The molecule has 1 saturated carbocycles. The third-order valence-electron chi connectivity index (χ3n) is 4.00. The van der Waals surface area contributed by atoms with Crippen LogP contribution >= 0.6 is 0 Å². The minimum Gasteiger partial charge on any atom is -0.481 e. The summed E-state index contributed by atoms with van der Waals surface area (Å²) in [7, 11) is 0. The van der Waals surface area contributed by atoms with E-state index in [2.05, 4.69) is 5.32 Å². The number of carbonyl (C=O) groups excluding carboxylic acids is 1. The molecule has 0 aliphatic heterocycles. The Bertz CT molecular complexity index is 522. The Kier molecular flexibility index (Phi) is 4.59. The first-order chi connectivity index (χ1) is 9.94. The van der Waals surface area contributed by atoms with Crippen molar-refractivity contribution in [3.8, 4) is 0 Å². The fourth-order valence-electron chi connectivity index (χ4n) is 2.79. The fraction of sp³-hybridized carbons (Fsp3) is 0.571. The third kappa shape index (κ3) is 3.40. The van der Waals surface area contributed by atoms with Gasteiger partial charge in [-0.1, -0.05) is 12.8 Å². The van der Waals surface area contributed by atoms with Crippen LogP contribution in [0.15, 0.2) is 18.3 Å². The number of carboxylic acid groups (broad SMARTS) is 1. The number of halogens is 2. The number of amides is 1. The largest absolute Gasteiger partial charge is 0.481 e. The van der Waals surface area contributed by atoms with Crippen LogP contribution in [0.4, 0.5) is 8.78 Å². The fourth-order valence-corrected chi connectivity index (χ4v) is 2.79. The summed E-state index contributed by atoms with van der Waals surface area (Å²) in [5.41, 5.74) is -0.802. The maximum absolute atomic E-state index is 12.4. The minimum absolute atomic E-state index is 0.0288. The quantitative estimate of drug-likeness (QED) is 0.845. The van der Waals surface area contributed by atoms with Crippen LogP contribution < -0.4 is 5.32 Å². The zero-order chi connectivity index (χ0) is 15.5. The highest BCUT2D eigenvalue weighted by atomic mass is 19.3. The second kappa shape index (κ2) is 6.24. The van der Waals surface area contributed by atoms with Gasteiger partial charge in [0.2, 0.25) is 0 Å². The molecule has 0 radical (unpaired) electrons. The Morgan fingerprint density at radius 3 is 2.62 bits per heavy atom. The van der Waals surface area contributed by atoms with Crippen LogP contribution in [-0.4, -0.2) is 34.5 Å². The number of carbonyl (C=O) groups is 2. The van der Waals surface area contributed by atoms with Crippen LogP contribution in [-0.2, 0) is 11.3 Å². The van der Waals surface area contributed by atoms with E-state index in [4.69, 9.17) is 0 Å². The van der Waals surface area contributed by atoms with Crippen molar-refractivity contribution in [2.45, 2.75) is 38.7 Å². The van der Waals surface area contributed by atoms with E-state index in [0.29, 0.717) is 12.8 Å². The maximum Gasteiger partial charge on any atom is 0.311 e. The Hall–Kier alpha value is -1.92. The van der Waals surface area contributed by atoms with Gasteiger partial charge in [0.05, 0.1) is 12.0 Å². The molecule has 1 aromatic rings. The molecule has 0 atom stereocenters. The predicted molar refractivity (Wildman–Crippen MR) is 71.3 cm³/mol. The number of hydrogen-bond acceptors (Lipinski definition) is 2. The maximum atomic E-state index is 12.4. The molecule has 0 saturated heterocycles. The molecule has 0 spiro atoms. The first kappa shape index (κ1) is 15.5. The molecule has 1 aromatic heterocycles. The number of nitrogens with one attached hydrogen (secondary N) is 1. The summed E-state index contributed by atoms with van der Waals surface area (Å²) in [6.45, 7) is -0.527. The summed E-state index contributed by atoms with van der Waals surface area (Å²) in [4.78, 5) is 23.4. The van der Waals surface area contributed by atoms with E-state index in [0.717, 1.165) is 12.8 Å². The van der Waals surface area contributed by atoms with Crippen molar-refractivity contribution < 1.29 is 23.5 Å². The molecule has 1 fully saturated rings. The monoisotopic (exact) mass is 300 g/mol. The van der Waals surface area contributed by atoms with Crippen molar-refractivity contribution in [2.24, 2.45) is 5.41 Å². The molecule has 0 aromatic carbocycles. The second-order valence-corrected chi connectivity index (χ2v) is 5.41. The van der Waals surface area contributed by atoms with E-state index in [1.54, 1.807) is 0 Å². The standard InChI is InChI=1S/C14H18F2N2O3/c15-11(16)8-18-7-3-4-10(18)12(19)17-9-14(13(20)21)5-1-2-6-14/h3-4,7,11H,1-2,5-6,8-9H2,(H,17,19)(H,20,21). The van der Waals surface area contributed by atoms with E-state index in [-0.39, 0.29) is 12.2 Å². The van der Waals surface area contributed by atoms with Crippen molar-refractivity contribution in [3.63, 3.8) is 0 Å². The molecule has 1 heterocycles. The summed E-state index contributed by atoms with van der Waals surface area (Å²) in [5.74, 6) is -1.43. The molecule has 0 bridgehead atoms. The van der Waals surface area contributed by atoms with Crippen LogP contribution in [0.2, 0.25) is 0 Å². The predicted octanol–water partition coefficient (Wildman–Crippen LogP) is 2.13. The summed E-state index contributed by atoms with van der Waals surface area (Å²) in [6, 6.07) is 2.96. The second-order valence-electron chi connectivity index (χ2n) is 5.41. The van der Waals surface area contributed by atoms with E-state index in [9.17, 15) is 23.5 Å². The van der Waals surface area contributed by atoms with Gasteiger partial charge in [0.1, 0.15) is 5.69 Å². The van der Waals surface area contributed by atoms with Gasteiger partial charge in [-0.3, -0.25) is 9.59 Å². The van der Waals surface area contributed by atoms with Gasteiger partial charge in [-0.15, -0.1) is 0 Å². The van der Waals surface area contributed by atoms with Crippen molar-refractivity contribution in [1.82, 2.24) is 9.88 Å². The van der Waals surface area contributed by atoms with Gasteiger partial charge in [0.15, 0.2) is 0 Å². The third-order valence-corrected chi connectivity index (χ3v) is 4.00. The van der Waals surface area contributed by atoms with Crippen LogP contribution in [0.25, 0.3) is 0 Å². The van der Waals surface area contributed by atoms with E-state index in [1.165, 1.54) is 22.9 Å². The molecule has 0 unspecified atom stereocenters. The van der Waals surface area contributed by atoms with Crippen molar-refractivity contribution in [2.75, 3.05) is 6.54 Å². The number of nitrogens with zero attached hydrogens (tertiary/aromatic N) is 1. The average molecular weight is 300 g/mol. The molecule has 7 heteroatoms. The highest BCUT2D eigenvalue weighted by Gasteiger charge is 2.41. The van der Waals surface area contributed by atoms with Crippen LogP contribution in [0.1, 0.15) is 36.2 Å². The lowest BCUT2D eigenvalue weighted by Gasteiger charge is -2.24. The molecule has 1 amide bonds. The topological polar surface area (TPSA) is 71.3 Å². The Labute approximate surface area is 120 Å². The minimum atomic E-state index is -2.55. The lowest BCUT2D eigenvalue weighted by atomic mass is 9.86. The van der Waals surface area contributed by atoms with Gasteiger partial charge in [-0.25, -0.2) is 8.78 Å². The van der Waals surface area contributed by atoms with Crippen molar-refractivity contribution in [3.05, 3.63) is 24.0 Å². The van der Waals surface area contributed by atoms with Crippen molar-refractivity contribution in [1.29, 1.82) is 0 Å². The van der Waals surface area contributed by atoms with Gasteiger partial charge in [0.25, 0.3) is 12.3 Å². The van der Waals surface area contributed by atoms with Gasteiger partial charge in [0, 0.05) is 12.7 Å². The highest BCUT2D eigenvalue weighted by molar-refractivity contribution is 5.93. The molecule has 2 N–H and O–H groups in total. The smallest absolute Gasteiger partial charge is 0.311 e. The summed E-state index contributed by atoms with van der Waals surface area (Å²) < 4.78 is 26.0. The number of hydrogen-bond donors (Lipinski definition) is 2. The average Bonchev–Trinajstić information content (AvgIpc) is 3.04. The highest BCUT2D eigenvalue weighted by Crippen LogP contribution is 2.37. The van der Waals surface area contributed by atoms with E-state index >= 15 is 0 Å².